The number of nitrogens with one attached hydrogen (secondary N) is 1. The molecule has 0 radical (unpaired) electrons. The molecule has 0 aliphatic rings. The quantitative estimate of drug-likeness (QED) is 0.640. The number of hydrogen-bond donors (Lipinski definition) is 2. The van der Waals surface area contributed by atoms with Crippen LogP contribution in [0.2, 0.25) is 5.02 Å². The van der Waals surface area contributed by atoms with Crippen molar-refractivity contribution in [1.29, 1.82) is 0 Å². The van der Waals surface area contributed by atoms with Crippen LogP contribution in [0.15, 0.2) is 36.5 Å². The number of benzene rings is 1. The molecule has 0 aliphatic carbocycles. The molecule has 0 saturated heterocycles. The monoisotopic (exact) mass is 256 g/mol. The van der Waals surface area contributed by atoms with Crippen molar-refractivity contribution >= 4 is 30.0 Å². The van der Waals surface area contributed by atoms with Crippen molar-refractivity contribution in [3.8, 4) is 11.3 Å². The minimum absolute atomic E-state index is 0. The van der Waals surface area contributed by atoms with Crippen molar-refractivity contribution in [3.05, 3.63) is 41.6 Å². The highest BCUT2D eigenvalue weighted by Crippen LogP contribution is 2.19. The summed E-state index contributed by atoms with van der Waals surface area (Å²) in [7, 11) is 0. The zero-order valence-electron chi connectivity index (χ0n) is 8.22. The molecule has 1 aromatic heterocycles. The first kappa shape index (κ1) is 12.7. The summed E-state index contributed by atoms with van der Waals surface area (Å²) in [5, 5.41) is 0.699. The van der Waals surface area contributed by atoms with E-state index in [1.807, 2.05) is 30.3 Å². The molecule has 4 nitrogen and oxygen atoms in total. The summed E-state index contributed by atoms with van der Waals surface area (Å²) >= 11 is 5.79. The zero-order valence-corrected chi connectivity index (χ0v) is 9.79. The van der Waals surface area contributed by atoms with Crippen LogP contribution in [0.1, 0.15) is 0 Å². The topological polar surface area (TPSA) is 63.8 Å². The van der Waals surface area contributed by atoms with Crippen LogP contribution in [0.5, 0.6) is 0 Å². The summed E-state index contributed by atoms with van der Waals surface area (Å²) in [6.45, 7) is 0. The smallest absolute Gasteiger partial charge is 0.237 e. The minimum Gasteiger partial charge on any atom is -0.292 e. The summed E-state index contributed by atoms with van der Waals surface area (Å²) in [4.78, 5) is 8.13. The Morgan fingerprint density at radius 1 is 1.12 bits per heavy atom. The first-order valence-electron chi connectivity index (χ1n) is 4.35. The van der Waals surface area contributed by atoms with Gasteiger partial charge in [0.2, 0.25) is 5.95 Å². The van der Waals surface area contributed by atoms with Crippen LogP contribution >= 0.6 is 24.0 Å². The maximum absolute atomic E-state index is 5.79. The lowest BCUT2D eigenvalue weighted by atomic mass is 10.1. The van der Waals surface area contributed by atoms with Gasteiger partial charge in [-0.05, 0) is 18.2 Å². The maximum atomic E-state index is 5.79. The van der Waals surface area contributed by atoms with Crippen LogP contribution in [-0.2, 0) is 0 Å². The van der Waals surface area contributed by atoms with Crippen molar-refractivity contribution in [2.45, 2.75) is 0 Å². The fourth-order valence-electron chi connectivity index (χ4n) is 1.21. The molecule has 0 spiro atoms. The Bertz CT molecular complexity index is 459. The molecule has 0 saturated carbocycles. The lowest BCUT2D eigenvalue weighted by molar-refractivity contribution is 1.12. The van der Waals surface area contributed by atoms with Crippen molar-refractivity contribution in [2.24, 2.45) is 5.84 Å². The van der Waals surface area contributed by atoms with E-state index in [4.69, 9.17) is 17.4 Å². The molecule has 16 heavy (non-hydrogen) atoms. The molecule has 0 bridgehead atoms. The third-order valence-electron chi connectivity index (χ3n) is 1.92. The normalized spacial score (nSPS) is 9.38. The average molecular weight is 257 g/mol. The second-order valence-corrected chi connectivity index (χ2v) is 3.35. The van der Waals surface area contributed by atoms with E-state index in [0.29, 0.717) is 11.0 Å². The lowest BCUT2D eigenvalue weighted by Gasteiger charge is -2.02. The summed E-state index contributed by atoms with van der Waals surface area (Å²) < 4.78 is 0. The van der Waals surface area contributed by atoms with Crippen LogP contribution in [0.25, 0.3) is 11.3 Å². The number of nitrogens with zero attached hydrogens (tertiary/aromatic N) is 2. The van der Waals surface area contributed by atoms with Gasteiger partial charge in [-0.3, -0.25) is 5.43 Å². The highest BCUT2D eigenvalue weighted by atomic mass is 35.5. The van der Waals surface area contributed by atoms with Gasteiger partial charge < -0.3 is 0 Å². The van der Waals surface area contributed by atoms with Gasteiger partial charge in [0.15, 0.2) is 0 Å². The van der Waals surface area contributed by atoms with Crippen molar-refractivity contribution in [3.63, 3.8) is 0 Å². The van der Waals surface area contributed by atoms with E-state index >= 15 is 0 Å². The summed E-state index contributed by atoms with van der Waals surface area (Å²) in [5.74, 6) is 5.62. The molecule has 0 aliphatic heterocycles. The van der Waals surface area contributed by atoms with E-state index in [-0.39, 0.29) is 12.4 Å². The zero-order chi connectivity index (χ0) is 10.7. The van der Waals surface area contributed by atoms with Gasteiger partial charge in [-0.1, -0.05) is 23.7 Å². The number of anilines is 1. The Kier molecular flexibility index (Phi) is 4.49. The van der Waals surface area contributed by atoms with E-state index in [0.717, 1.165) is 11.3 Å². The Labute approximate surface area is 104 Å². The number of hydrazine groups is 1. The standard InChI is InChI=1S/C10H9ClN4.ClH/c11-8-3-1-7(2-4-8)9-5-6-13-10(14-9)15-12;/h1-6H,12H2,(H,13,14,15);1H. The number of nitrogens with two attached hydrogens (primary N) is 1. The fourth-order valence-corrected chi connectivity index (χ4v) is 1.34. The summed E-state index contributed by atoms with van der Waals surface area (Å²) in [5.41, 5.74) is 4.17. The molecule has 6 heteroatoms. The number of rotatable bonds is 2. The molecular formula is C10H10Cl2N4. The van der Waals surface area contributed by atoms with Crippen LogP contribution in [0, 0.1) is 0 Å². The second kappa shape index (κ2) is 5.65. The molecule has 1 heterocycles. The molecule has 84 valence electrons. The fraction of sp³-hybridized carbons (Fsp3) is 0. The van der Waals surface area contributed by atoms with Crippen molar-refractivity contribution < 1.29 is 0 Å². The Balaban J connectivity index is 0.00000128. The van der Waals surface area contributed by atoms with E-state index < -0.39 is 0 Å². The number of halogens is 2. The van der Waals surface area contributed by atoms with Gasteiger partial charge in [0, 0.05) is 16.8 Å². The highest BCUT2D eigenvalue weighted by Gasteiger charge is 2.00. The average Bonchev–Trinajstić information content (AvgIpc) is 2.30. The van der Waals surface area contributed by atoms with Gasteiger partial charge in [-0.25, -0.2) is 15.8 Å². The molecule has 2 aromatic rings. The predicted molar refractivity (Wildman–Crippen MR) is 67.5 cm³/mol. The molecule has 0 fully saturated rings. The number of nitrogen functional groups attached to an aromatic ring is 1. The summed E-state index contributed by atoms with van der Waals surface area (Å²) in [6, 6.07) is 9.23. The number of aromatic nitrogens is 2. The number of hydrogen-bond acceptors (Lipinski definition) is 4. The van der Waals surface area contributed by atoms with Crippen molar-refractivity contribution in [2.75, 3.05) is 5.43 Å². The molecule has 1 aromatic carbocycles. The molecule has 0 atom stereocenters. The van der Waals surface area contributed by atoms with Gasteiger partial charge >= 0.3 is 0 Å². The summed E-state index contributed by atoms with van der Waals surface area (Å²) in [6.07, 6.45) is 1.64. The second-order valence-electron chi connectivity index (χ2n) is 2.92. The maximum Gasteiger partial charge on any atom is 0.237 e. The van der Waals surface area contributed by atoms with Gasteiger partial charge in [0.25, 0.3) is 0 Å². The van der Waals surface area contributed by atoms with Crippen LogP contribution < -0.4 is 11.3 Å². The molecule has 0 amide bonds. The van der Waals surface area contributed by atoms with Crippen molar-refractivity contribution in [1.82, 2.24) is 9.97 Å². The van der Waals surface area contributed by atoms with Crippen LogP contribution in [-0.4, -0.2) is 9.97 Å². The SMILES string of the molecule is Cl.NNc1nccc(-c2ccc(Cl)cc2)n1. The minimum atomic E-state index is 0. The van der Waals surface area contributed by atoms with Crippen LogP contribution in [0.4, 0.5) is 5.95 Å². The van der Waals surface area contributed by atoms with Gasteiger partial charge in [0.1, 0.15) is 0 Å². The van der Waals surface area contributed by atoms with Crippen LogP contribution in [0.3, 0.4) is 0 Å². The Morgan fingerprint density at radius 2 is 1.81 bits per heavy atom. The molecule has 3 N–H and O–H groups in total. The lowest BCUT2D eigenvalue weighted by Crippen LogP contribution is -2.10. The highest BCUT2D eigenvalue weighted by molar-refractivity contribution is 6.30. The van der Waals surface area contributed by atoms with E-state index in [2.05, 4.69) is 15.4 Å². The Hall–Kier alpha value is -1.36. The Morgan fingerprint density at radius 3 is 2.44 bits per heavy atom. The largest absolute Gasteiger partial charge is 0.292 e. The molecule has 0 unspecified atom stereocenters. The van der Waals surface area contributed by atoms with E-state index in [9.17, 15) is 0 Å². The van der Waals surface area contributed by atoms with E-state index in [1.54, 1.807) is 6.20 Å². The van der Waals surface area contributed by atoms with Gasteiger partial charge in [0.05, 0.1) is 5.69 Å². The third-order valence-corrected chi connectivity index (χ3v) is 2.18. The van der Waals surface area contributed by atoms with Gasteiger partial charge in [-0.2, -0.15) is 0 Å². The first-order chi connectivity index (χ1) is 7.29. The van der Waals surface area contributed by atoms with E-state index in [1.165, 1.54) is 0 Å². The predicted octanol–water partition coefficient (Wildman–Crippen LogP) is 2.50. The molecular weight excluding hydrogens is 247 g/mol. The first-order valence-corrected chi connectivity index (χ1v) is 4.73. The molecule has 2 rings (SSSR count). The van der Waals surface area contributed by atoms with Gasteiger partial charge in [-0.15, -0.1) is 12.4 Å². The third kappa shape index (κ3) is 2.82.